The standard InChI is InChI=1S/C29H18FNO/c30-22-14-12-19(13-15-22)20-6-5-7-21(18-20)23-16-17-26(25-9-2-1-8-24(23)25)29-31-27-10-3-4-11-28(27)32-29/h1-18H. The normalized spacial score (nSPS) is 11.3. The van der Waals surface area contributed by atoms with Crippen molar-refractivity contribution in [2.24, 2.45) is 0 Å². The minimum absolute atomic E-state index is 0.231. The highest BCUT2D eigenvalue weighted by Gasteiger charge is 2.14. The highest BCUT2D eigenvalue weighted by molar-refractivity contribution is 6.04. The monoisotopic (exact) mass is 415 g/mol. The Hall–Kier alpha value is -4.24. The van der Waals surface area contributed by atoms with E-state index in [0.717, 1.165) is 49.7 Å². The molecule has 0 spiro atoms. The number of hydrogen-bond donors (Lipinski definition) is 0. The van der Waals surface area contributed by atoms with Crippen LogP contribution in [0.4, 0.5) is 4.39 Å². The molecule has 6 rings (SSSR count). The number of para-hydroxylation sites is 2. The first-order valence-electron chi connectivity index (χ1n) is 10.5. The molecule has 0 aliphatic carbocycles. The lowest BCUT2D eigenvalue weighted by molar-refractivity contribution is 0.620. The molecule has 0 saturated heterocycles. The molecule has 0 aliphatic rings. The Kier molecular flexibility index (Phi) is 4.32. The first-order chi connectivity index (χ1) is 15.8. The van der Waals surface area contributed by atoms with Crippen LogP contribution in [0.2, 0.25) is 0 Å². The van der Waals surface area contributed by atoms with E-state index in [2.05, 4.69) is 36.4 Å². The maximum Gasteiger partial charge on any atom is 0.227 e. The van der Waals surface area contributed by atoms with Crippen molar-refractivity contribution in [2.75, 3.05) is 0 Å². The Morgan fingerprint density at radius 3 is 2.06 bits per heavy atom. The topological polar surface area (TPSA) is 26.0 Å². The lowest BCUT2D eigenvalue weighted by Gasteiger charge is -2.11. The molecule has 3 heteroatoms. The fourth-order valence-corrected chi connectivity index (χ4v) is 4.23. The van der Waals surface area contributed by atoms with E-state index in [1.165, 1.54) is 12.1 Å². The Balaban J connectivity index is 1.51. The number of fused-ring (bicyclic) bond motifs is 2. The van der Waals surface area contributed by atoms with Gasteiger partial charge in [0.2, 0.25) is 5.89 Å². The number of aromatic nitrogens is 1. The number of nitrogens with zero attached hydrogens (tertiary/aromatic N) is 1. The zero-order chi connectivity index (χ0) is 21.5. The van der Waals surface area contributed by atoms with E-state index in [9.17, 15) is 4.39 Å². The van der Waals surface area contributed by atoms with Gasteiger partial charge in [-0.05, 0) is 69.4 Å². The summed E-state index contributed by atoms with van der Waals surface area (Å²) in [4.78, 5) is 4.70. The number of benzene rings is 5. The molecule has 6 aromatic rings. The quantitative estimate of drug-likeness (QED) is 0.292. The van der Waals surface area contributed by atoms with Crippen LogP contribution in [0.3, 0.4) is 0 Å². The van der Waals surface area contributed by atoms with Crippen molar-refractivity contribution >= 4 is 21.9 Å². The van der Waals surface area contributed by atoms with Crippen LogP contribution in [-0.2, 0) is 0 Å². The summed E-state index contributed by atoms with van der Waals surface area (Å²) in [6.45, 7) is 0. The van der Waals surface area contributed by atoms with Crippen molar-refractivity contribution in [3.63, 3.8) is 0 Å². The third-order valence-corrected chi connectivity index (χ3v) is 5.80. The molecule has 0 aliphatic heterocycles. The molecule has 1 aromatic heterocycles. The SMILES string of the molecule is Fc1ccc(-c2cccc(-c3ccc(-c4nc5ccccc5o4)c4ccccc34)c2)cc1. The number of halogens is 1. The van der Waals surface area contributed by atoms with Gasteiger partial charge in [0.1, 0.15) is 11.3 Å². The fourth-order valence-electron chi connectivity index (χ4n) is 4.23. The van der Waals surface area contributed by atoms with Crippen LogP contribution in [0.25, 0.3) is 55.6 Å². The highest BCUT2D eigenvalue weighted by atomic mass is 19.1. The van der Waals surface area contributed by atoms with Crippen molar-refractivity contribution in [3.8, 4) is 33.7 Å². The minimum atomic E-state index is -0.231. The molecule has 0 radical (unpaired) electrons. The van der Waals surface area contributed by atoms with E-state index < -0.39 is 0 Å². The largest absolute Gasteiger partial charge is 0.436 e. The van der Waals surface area contributed by atoms with Gasteiger partial charge in [0.25, 0.3) is 0 Å². The molecule has 0 amide bonds. The summed E-state index contributed by atoms with van der Waals surface area (Å²) in [5.74, 6) is 0.389. The van der Waals surface area contributed by atoms with E-state index in [0.29, 0.717) is 5.89 Å². The Morgan fingerprint density at radius 1 is 0.562 bits per heavy atom. The summed E-state index contributed by atoms with van der Waals surface area (Å²) >= 11 is 0. The highest BCUT2D eigenvalue weighted by Crippen LogP contribution is 2.37. The minimum Gasteiger partial charge on any atom is -0.436 e. The third-order valence-electron chi connectivity index (χ3n) is 5.80. The number of rotatable bonds is 3. The molecular formula is C29H18FNO. The van der Waals surface area contributed by atoms with Crippen molar-refractivity contribution < 1.29 is 8.81 Å². The van der Waals surface area contributed by atoms with E-state index in [4.69, 9.17) is 9.40 Å². The van der Waals surface area contributed by atoms with Gasteiger partial charge in [0.05, 0.1) is 0 Å². The van der Waals surface area contributed by atoms with Crippen molar-refractivity contribution in [1.82, 2.24) is 4.98 Å². The fraction of sp³-hybridized carbons (Fsp3) is 0. The molecule has 0 fully saturated rings. The van der Waals surface area contributed by atoms with Crippen molar-refractivity contribution in [1.29, 1.82) is 0 Å². The molecule has 2 nitrogen and oxygen atoms in total. The number of hydrogen-bond acceptors (Lipinski definition) is 2. The molecule has 0 bridgehead atoms. The van der Waals surface area contributed by atoms with Gasteiger partial charge >= 0.3 is 0 Å². The third kappa shape index (κ3) is 3.15. The molecular weight excluding hydrogens is 397 g/mol. The lowest BCUT2D eigenvalue weighted by Crippen LogP contribution is -1.87. The van der Waals surface area contributed by atoms with Gasteiger partial charge in [-0.25, -0.2) is 9.37 Å². The van der Waals surface area contributed by atoms with Crippen LogP contribution in [0.1, 0.15) is 0 Å². The maximum absolute atomic E-state index is 13.4. The Morgan fingerprint density at radius 2 is 1.25 bits per heavy atom. The zero-order valence-corrected chi connectivity index (χ0v) is 17.1. The molecule has 0 N–H and O–H groups in total. The van der Waals surface area contributed by atoms with Crippen LogP contribution in [0, 0.1) is 5.82 Å². The number of oxazole rings is 1. The molecule has 0 unspecified atom stereocenters. The smallest absolute Gasteiger partial charge is 0.227 e. The summed E-state index contributed by atoms with van der Waals surface area (Å²) in [7, 11) is 0. The van der Waals surface area contributed by atoms with Gasteiger partial charge in [0.15, 0.2) is 5.58 Å². The average molecular weight is 415 g/mol. The second kappa shape index (κ2) is 7.47. The second-order valence-corrected chi connectivity index (χ2v) is 7.78. The maximum atomic E-state index is 13.4. The first kappa shape index (κ1) is 18.5. The first-order valence-corrected chi connectivity index (χ1v) is 10.5. The lowest BCUT2D eigenvalue weighted by atomic mass is 9.93. The van der Waals surface area contributed by atoms with Crippen LogP contribution in [0.5, 0.6) is 0 Å². The predicted octanol–water partition coefficient (Wildman–Crippen LogP) is 8.12. The van der Waals surface area contributed by atoms with E-state index in [1.54, 1.807) is 0 Å². The predicted molar refractivity (Wildman–Crippen MR) is 128 cm³/mol. The summed E-state index contributed by atoms with van der Waals surface area (Å²) in [5.41, 5.74) is 6.87. The summed E-state index contributed by atoms with van der Waals surface area (Å²) in [5, 5.41) is 2.22. The molecule has 5 aromatic carbocycles. The van der Waals surface area contributed by atoms with Gasteiger partial charge in [0, 0.05) is 5.56 Å². The van der Waals surface area contributed by atoms with E-state index in [1.807, 2.05) is 60.7 Å². The summed E-state index contributed by atoms with van der Waals surface area (Å²) < 4.78 is 19.4. The van der Waals surface area contributed by atoms with Gasteiger partial charge in [-0.1, -0.05) is 72.8 Å². The van der Waals surface area contributed by atoms with Crippen LogP contribution in [-0.4, -0.2) is 4.98 Å². The van der Waals surface area contributed by atoms with E-state index in [-0.39, 0.29) is 5.82 Å². The van der Waals surface area contributed by atoms with Gasteiger partial charge in [-0.3, -0.25) is 0 Å². The van der Waals surface area contributed by atoms with Gasteiger partial charge in [-0.15, -0.1) is 0 Å². The van der Waals surface area contributed by atoms with Gasteiger partial charge in [-0.2, -0.15) is 0 Å². The van der Waals surface area contributed by atoms with Crippen molar-refractivity contribution in [2.45, 2.75) is 0 Å². The Bertz CT molecular complexity index is 1550. The summed E-state index contributed by atoms with van der Waals surface area (Å²) in [6.07, 6.45) is 0. The molecule has 0 saturated carbocycles. The molecule has 32 heavy (non-hydrogen) atoms. The van der Waals surface area contributed by atoms with Crippen LogP contribution < -0.4 is 0 Å². The molecule has 1 heterocycles. The summed E-state index contributed by atoms with van der Waals surface area (Å²) in [6, 6.07) is 35.3. The zero-order valence-electron chi connectivity index (χ0n) is 17.1. The van der Waals surface area contributed by atoms with Gasteiger partial charge < -0.3 is 4.42 Å². The van der Waals surface area contributed by atoms with E-state index >= 15 is 0 Å². The molecule has 152 valence electrons. The Labute approximate surface area is 184 Å². The second-order valence-electron chi connectivity index (χ2n) is 7.78. The molecule has 0 atom stereocenters. The van der Waals surface area contributed by atoms with Crippen LogP contribution >= 0.6 is 0 Å². The average Bonchev–Trinajstić information content (AvgIpc) is 3.28. The van der Waals surface area contributed by atoms with Crippen LogP contribution in [0.15, 0.2) is 114 Å². The van der Waals surface area contributed by atoms with Crippen molar-refractivity contribution in [3.05, 3.63) is 115 Å².